The molecule has 4 rings (SSSR count). The van der Waals surface area contributed by atoms with E-state index in [-0.39, 0.29) is 41.9 Å². The fourth-order valence-electron chi connectivity index (χ4n) is 3.65. The molecule has 1 aliphatic rings. The zero-order valence-electron chi connectivity index (χ0n) is 18.7. The highest BCUT2D eigenvalue weighted by atomic mass is 35.5. The lowest BCUT2D eigenvalue weighted by Crippen LogP contribution is -2.52. The number of halogens is 4. The van der Waals surface area contributed by atoms with Crippen LogP contribution in [0.2, 0.25) is 5.02 Å². The number of amides is 1. The molecule has 0 radical (unpaired) electrons. The number of carbonyl (C=O) groups excluding carboxylic acids is 1. The normalized spacial score (nSPS) is 17.6. The molecule has 1 saturated heterocycles. The van der Waals surface area contributed by atoms with Crippen LogP contribution in [0.3, 0.4) is 0 Å². The van der Waals surface area contributed by atoms with Crippen LogP contribution in [0.5, 0.6) is 5.75 Å². The Bertz CT molecular complexity index is 1290. The number of morpholine rings is 1. The molecule has 2 atom stereocenters. The molecule has 9 nitrogen and oxygen atoms in total. The van der Waals surface area contributed by atoms with Gasteiger partial charge in [-0.3, -0.25) is 10.2 Å². The molecule has 0 aliphatic carbocycles. The lowest BCUT2D eigenvalue weighted by atomic mass is 10.1. The lowest BCUT2D eigenvalue weighted by molar-refractivity contribution is -0.137. The van der Waals surface area contributed by atoms with Gasteiger partial charge in [-0.15, -0.1) is 0 Å². The summed E-state index contributed by atoms with van der Waals surface area (Å²) in [7, 11) is 1.30. The van der Waals surface area contributed by atoms with Crippen molar-refractivity contribution in [2.75, 3.05) is 26.8 Å². The number of ether oxygens (including phenoxy) is 2. The molecule has 0 saturated carbocycles. The van der Waals surface area contributed by atoms with Gasteiger partial charge in [0.15, 0.2) is 28.0 Å². The van der Waals surface area contributed by atoms with E-state index in [1.165, 1.54) is 28.9 Å². The SMILES string of the molecule is COc1c(C(=O)NN2CCOC(S(=O)O)C2)nn(-c2ccccc2Cl)c1-c1ccc(C(F)(F)F)cc1. The largest absolute Gasteiger partial charge is 0.492 e. The molecule has 2 N–H and O–H groups in total. The first-order valence-electron chi connectivity index (χ1n) is 10.5. The van der Waals surface area contributed by atoms with Crippen LogP contribution in [0, 0.1) is 0 Å². The maximum absolute atomic E-state index is 13.2. The second-order valence-corrected chi connectivity index (χ2v) is 9.12. The molecule has 1 aromatic heterocycles. The number of carbonyl (C=O) groups is 1. The van der Waals surface area contributed by atoms with Crippen LogP contribution in [0.25, 0.3) is 16.9 Å². The average molecular weight is 545 g/mol. The summed E-state index contributed by atoms with van der Waals surface area (Å²) in [4.78, 5) is 13.2. The van der Waals surface area contributed by atoms with E-state index in [0.717, 1.165) is 12.1 Å². The summed E-state index contributed by atoms with van der Waals surface area (Å²) in [5, 5.41) is 6.08. The van der Waals surface area contributed by atoms with E-state index in [9.17, 15) is 26.7 Å². The van der Waals surface area contributed by atoms with E-state index < -0.39 is 34.2 Å². The predicted molar refractivity (Wildman–Crippen MR) is 125 cm³/mol. The molecule has 14 heteroatoms. The number of alkyl halides is 3. The highest BCUT2D eigenvalue weighted by Gasteiger charge is 2.32. The standard InChI is InChI=1S/C22H20ClF3N4O5S/c1-34-20-18(21(31)28-29-10-11-35-17(12-29)36(32)33)27-30(16-5-3-2-4-15(16)23)19(20)13-6-8-14(9-7-13)22(24,25)26/h2-9,17H,10-12H2,1H3,(H,28,31)(H,32,33). The number of nitrogens with zero attached hydrogens (tertiary/aromatic N) is 3. The molecule has 1 amide bonds. The van der Waals surface area contributed by atoms with Crippen molar-refractivity contribution in [3.63, 3.8) is 0 Å². The quantitative estimate of drug-likeness (QED) is 0.455. The molecule has 3 aromatic rings. The van der Waals surface area contributed by atoms with Crippen LogP contribution >= 0.6 is 11.6 Å². The third kappa shape index (κ3) is 5.39. The molecule has 36 heavy (non-hydrogen) atoms. The van der Waals surface area contributed by atoms with Crippen molar-refractivity contribution < 1.29 is 36.2 Å². The van der Waals surface area contributed by atoms with Crippen molar-refractivity contribution in [2.45, 2.75) is 11.6 Å². The number of para-hydroxylation sites is 1. The van der Waals surface area contributed by atoms with Gasteiger partial charge in [-0.05, 0) is 24.3 Å². The van der Waals surface area contributed by atoms with E-state index >= 15 is 0 Å². The van der Waals surface area contributed by atoms with Crippen LogP contribution in [-0.2, 0) is 22.0 Å². The summed E-state index contributed by atoms with van der Waals surface area (Å²) in [6.07, 6.45) is -4.52. The Morgan fingerprint density at radius 1 is 1.25 bits per heavy atom. The molecular formula is C22H20ClF3N4O5S. The first-order valence-corrected chi connectivity index (χ1v) is 12.0. The molecular weight excluding hydrogens is 525 g/mol. The molecule has 2 aromatic carbocycles. The fraction of sp³-hybridized carbons (Fsp3) is 0.273. The number of hydrazine groups is 1. The predicted octanol–water partition coefficient (Wildman–Crippen LogP) is 3.74. The maximum Gasteiger partial charge on any atom is 0.416 e. The second-order valence-electron chi connectivity index (χ2n) is 7.63. The van der Waals surface area contributed by atoms with Crippen molar-refractivity contribution in [2.24, 2.45) is 0 Å². The zero-order valence-corrected chi connectivity index (χ0v) is 20.2. The summed E-state index contributed by atoms with van der Waals surface area (Å²) in [6, 6.07) is 11.0. The van der Waals surface area contributed by atoms with Crippen molar-refractivity contribution in [1.82, 2.24) is 20.2 Å². The van der Waals surface area contributed by atoms with Crippen LogP contribution in [-0.4, -0.2) is 61.7 Å². The van der Waals surface area contributed by atoms with Gasteiger partial charge in [0.2, 0.25) is 0 Å². The monoisotopic (exact) mass is 544 g/mol. The molecule has 0 bridgehead atoms. The Labute approximate surface area is 211 Å². The van der Waals surface area contributed by atoms with E-state index in [4.69, 9.17) is 21.1 Å². The molecule has 1 aliphatic heterocycles. The van der Waals surface area contributed by atoms with Gasteiger partial charge in [0.25, 0.3) is 5.91 Å². The summed E-state index contributed by atoms with van der Waals surface area (Å²) in [6.45, 7) is 0.312. The number of rotatable bonds is 6. The Kier molecular flexibility index (Phi) is 7.66. The summed E-state index contributed by atoms with van der Waals surface area (Å²) in [5.74, 6) is -0.696. The number of hydrogen-bond donors (Lipinski definition) is 2. The lowest BCUT2D eigenvalue weighted by Gasteiger charge is -2.30. The zero-order chi connectivity index (χ0) is 26.0. The van der Waals surface area contributed by atoms with E-state index in [1.807, 2.05) is 0 Å². The molecule has 2 heterocycles. The van der Waals surface area contributed by atoms with Crippen LogP contribution < -0.4 is 10.2 Å². The third-order valence-electron chi connectivity index (χ3n) is 5.35. The fourth-order valence-corrected chi connectivity index (χ4v) is 4.39. The van der Waals surface area contributed by atoms with Gasteiger partial charge < -0.3 is 14.0 Å². The first-order chi connectivity index (χ1) is 17.1. The Morgan fingerprint density at radius 2 is 1.94 bits per heavy atom. The summed E-state index contributed by atoms with van der Waals surface area (Å²) >= 11 is 4.11. The minimum atomic E-state index is -4.52. The topological polar surface area (TPSA) is 106 Å². The maximum atomic E-state index is 13.2. The van der Waals surface area contributed by atoms with Gasteiger partial charge in [-0.25, -0.2) is 13.9 Å². The minimum absolute atomic E-state index is 0.00252. The van der Waals surface area contributed by atoms with E-state index in [2.05, 4.69) is 10.5 Å². The van der Waals surface area contributed by atoms with Crippen molar-refractivity contribution in [1.29, 1.82) is 0 Å². The number of hydrogen-bond acceptors (Lipinski definition) is 6. The van der Waals surface area contributed by atoms with Crippen LogP contribution in [0.4, 0.5) is 13.2 Å². The molecule has 0 spiro atoms. The van der Waals surface area contributed by atoms with Gasteiger partial charge in [-0.2, -0.15) is 18.3 Å². The Morgan fingerprint density at radius 3 is 2.56 bits per heavy atom. The highest BCUT2D eigenvalue weighted by molar-refractivity contribution is 7.79. The number of methoxy groups -OCH3 is 1. The van der Waals surface area contributed by atoms with Crippen molar-refractivity contribution >= 4 is 28.6 Å². The van der Waals surface area contributed by atoms with Gasteiger partial charge in [0, 0.05) is 12.1 Å². The van der Waals surface area contributed by atoms with Crippen LogP contribution in [0.15, 0.2) is 48.5 Å². The number of aromatic nitrogens is 2. The van der Waals surface area contributed by atoms with Crippen molar-refractivity contribution in [3.8, 4) is 22.7 Å². The Hall–Kier alpha value is -2.97. The average Bonchev–Trinajstić information content (AvgIpc) is 3.23. The highest BCUT2D eigenvalue weighted by Crippen LogP contribution is 2.38. The van der Waals surface area contributed by atoms with Gasteiger partial charge in [0.1, 0.15) is 5.69 Å². The molecule has 192 valence electrons. The molecule has 2 unspecified atom stereocenters. The summed E-state index contributed by atoms with van der Waals surface area (Å²) in [5.41, 5.74) is 1.48. The van der Waals surface area contributed by atoms with E-state index in [1.54, 1.807) is 24.3 Å². The first kappa shape index (κ1) is 26.1. The third-order valence-corrected chi connectivity index (χ3v) is 6.40. The second kappa shape index (κ2) is 10.6. The number of nitrogens with one attached hydrogen (secondary N) is 1. The van der Waals surface area contributed by atoms with Gasteiger partial charge in [0.05, 0.1) is 36.5 Å². The smallest absolute Gasteiger partial charge is 0.416 e. The summed E-state index contributed by atoms with van der Waals surface area (Å²) < 4.78 is 72.0. The van der Waals surface area contributed by atoms with Crippen molar-refractivity contribution in [3.05, 3.63) is 64.8 Å². The minimum Gasteiger partial charge on any atom is -0.492 e. The number of benzene rings is 2. The Balaban J connectivity index is 1.78. The van der Waals surface area contributed by atoms with Crippen LogP contribution in [0.1, 0.15) is 16.1 Å². The molecule has 1 fully saturated rings. The van der Waals surface area contributed by atoms with Gasteiger partial charge >= 0.3 is 6.18 Å². The van der Waals surface area contributed by atoms with Gasteiger partial charge in [-0.1, -0.05) is 35.9 Å². The van der Waals surface area contributed by atoms with E-state index in [0.29, 0.717) is 11.3 Å².